The van der Waals surface area contributed by atoms with E-state index in [0.717, 1.165) is 17.4 Å². The number of hydrogen-bond donors (Lipinski definition) is 1. The molecule has 112 valence electrons. The van der Waals surface area contributed by atoms with Crippen LogP contribution in [0.3, 0.4) is 0 Å². The van der Waals surface area contributed by atoms with Crippen molar-refractivity contribution in [3.8, 4) is 0 Å². The fraction of sp³-hybridized carbons (Fsp3) is 0.176. The molecule has 0 bridgehead atoms. The molecular weight excluding hydrogens is 280 g/mol. The van der Waals surface area contributed by atoms with Crippen LogP contribution in [0.25, 0.3) is 11.1 Å². The second kappa shape index (κ2) is 6.30. The first-order chi connectivity index (χ1) is 10.8. The molecule has 3 rings (SSSR count). The summed E-state index contributed by atoms with van der Waals surface area (Å²) in [5.74, 6) is -0.665. The van der Waals surface area contributed by atoms with E-state index in [4.69, 9.17) is 4.42 Å². The number of fused-ring (bicyclic) bond motifs is 1. The van der Waals surface area contributed by atoms with Crippen LogP contribution in [-0.4, -0.2) is 17.1 Å². The molecule has 0 saturated carbocycles. The maximum atomic E-state index is 12.1. The average molecular weight is 296 g/mol. The minimum Gasteiger partial charge on any atom is -0.407 e. The van der Waals surface area contributed by atoms with E-state index >= 15 is 0 Å². The van der Waals surface area contributed by atoms with Gasteiger partial charge in [0.15, 0.2) is 5.58 Å². The summed E-state index contributed by atoms with van der Waals surface area (Å²) in [6.07, 6.45) is 1.68. The number of amides is 1. The summed E-state index contributed by atoms with van der Waals surface area (Å²) in [4.78, 5) is 23.9. The van der Waals surface area contributed by atoms with Crippen molar-refractivity contribution in [3.63, 3.8) is 0 Å². The van der Waals surface area contributed by atoms with E-state index in [9.17, 15) is 9.59 Å². The maximum Gasteiger partial charge on any atom is 0.428 e. The lowest BCUT2D eigenvalue weighted by atomic mass is 10.1. The highest BCUT2D eigenvalue weighted by molar-refractivity contribution is 5.87. The van der Waals surface area contributed by atoms with Crippen molar-refractivity contribution >= 4 is 17.1 Å². The molecule has 1 aromatic heterocycles. The molecule has 0 spiro atoms. The summed E-state index contributed by atoms with van der Waals surface area (Å²) in [5.41, 5.74) is 2.11. The van der Waals surface area contributed by atoms with Gasteiger partial charge in [-0.25, -0.2) is 9.59 Å². The number of oxazole rings is 1. The Morgan fingerprint density at radius 1 is 1.05 bits per heavy atom. The normalized spacial score (nSPS) is 10.7. The number of rotatable bonds is 4. The van der Waals surface area contributed by atoms with E-state index in [1.807, 2.05) is 18.2 Å². The summed E-state index contributed by atoms with van der Waals surface area (Å²) in [7, 11) is 0. The molecule has 0 fully saturated rings. The van der Waals surface area contributed by atoms with Crippen molar-refractivity contribution in [2.45, 2.75) is 12.8 Å². The topological polar surface area (TPSA) is 64.2 Å². The van der Waals surface area contributed by atoms with Crippen molar-refractivity contribution in [2.24, 2.45) is 0 Å². The van der Waals surface area contributed by atoms with Gasteiger partial charge in [0.05, 0.1) is 5.52 Å². The quantitative estimate of drug-likeness (QED) is 0.753. The lowest BCUT2D eigenvalue weighted by Crippen LogP contribution is -2.34. The number of benzene rings is 2. The zero-order valence-electron chi connectivity index (χ0n) is 12.0. The molecular formula is C17H16N2O3. The van der Waals surface area contributed by atoms with Crippen LogP contribution in [-0.2, 0) is 6.42 Å². The summed E-state index contributed by atoms with van der Waals surface area (Å²) in [6, 6.07) is 16.5. The second-order valence-corrected chi connectivity index (χ2v) is 4.99. The van der Waals surface area contributed by atoms with E-state index in [-0.39, 0.29) is 0 Å². The lowest BCUT2D eigenvalue weighted by molar-refractivity contribution is 0.241. The number of nitrogens with zero attached hydrogens (tertiary/aromatic N) is 1. The van der Waals surface area contributed by atoms with Crippen molar-refractivity contribution in [3.05, 3.63) is 70.7 Å². The first kappa shape index (κ1) is 14.1. The number of carbonyl (C=O) groups is 1. The smallest absolute Gasteiger partial charge is 0.407 e. The van der Waals surface area contributed by atoms with Crippen LogP contribution in [0.15, 0.2) is 63.8 Å². The average Bonchev–Trinajstić information content (AvgIpc) is 2.88. The van der Waals surface area contributed by atoms with Crippen LogP contribution >= 0.6 is 0 Å². The van der Waals surface area contributed by atoms with Gasteiger partial charge in [0, 0.05) is 6.54 Å². The molecule has 1 heterocycles. The predicted molar refractivity (Wildman–Crippen MR) is 84.0 cm³/mol. The number of aromatic nitrogens is 1. The minimum absolute atomic E-state index is 0.409. The summed E-state index contributed by atoms with van der Waals surface area (Å²) in [6.45, 7) is 0.500. The second-order valence-electron chi connectivity index (χ2n) is 4.99. The number of nitrogens with one attached hydrogen (secondary N) is 1. The van der Waals surface area contributed by atoms with Gasteiger partial charge in [0.2, 0.25) is 0 Å². The third kappa shape index (κ3) is 2.93. The molecule has 0 aliphatic carbocycles. The highest BCUT2D eigenvalue weighted by Crippen LogP contribution is 2.11. The molecule has 0 atom stereocenters. The maximum absolute atomic E-state index is 12.1. The Balaban J connectivity index is 1.62. The molecule has 0 unspecified atom stereocenters. The SMILES string of the molecule is O=C(NCCCc1ccccc1)n1c(=O)oc2ccccc21. The Morgan fingerprint density at radius 3 is 2.59 bits per heavy atom. The van der Waals surface area contributed by atoms with Crippen LogP contribution in [0.4, 0.5) is 4.79 Å². The Morgan fingerprint density at radius 2 is 1.77 bits per heavy atom. The van der Waals surface area contributed by atoms with Gasteiger partial charge in [-0.3, -0.25) is 0 Å². The third-order valence-corrected chi connectivity index (χ3v) is 3.45. The number of carbonyl (C=O) groups excluding carboxylic acids is 1. The standard InChI is InChI=1S/C17H16N2O3/c20-16(18-12-6-9-13-7-2-1-3-8-13)19-14-10-4-5-11-15(14)22-17(19)21/h1-5,7-8,10-11H,6,9,12H2,(H,18,20). The van der Waals surface area contributed by atoms with Gasteiger partial charge < -0.3 is 9.73 Å². The molecule has 1 N–H and O–H groups in total. The fourth-order valence-corrected chi connectivity index (χ4v) is 2.37. The van der Waals surface area contributed by atoms with E-state index in [1.165, 1.54) is 5.56 Å². The fourth-order valence-electron chi connectivity index (χ4n) is 2.37. The molecule has 0 aliphatic rings. The van der Waals surface area contributed by atoms with Crippen LogP contribution in [0, 0.1) is 0 Å². The largest absolute Gasteiger partial charge is 0.428 e. The molecule has 1 amide bonds. The van der Waals surface area contributed by atoms with Gasteiger partial charge in [-0.05, 0) is 30.5 Å². The van der Waals surface area contributed by atoms with Gasteiger partial charge in [-0.2, -0.15) is 4.57 Å². The van der Waals surface area contributed by atoms with Crippen molar-refractivity contribution in [2.75, 3.05) is 6.54 Å². The Labute approximate surface area is 127 Å². The summed E-state index contributed by atoms with van der Waals surface area (Å²) < 4.78 is 6.07. The summed E-state index contributed by atoms with van der Waals surface area (Å²) >= 11 is 0. The van der Waals surface area contributed by atoms with Crippen molar-refractivity contribution < 1.29 is 9.21 Å². The van der Waals surface area contributed by atoms with Crippen molar-refractivity contribution in [1.29, 1.82) is 0 Å². The molecule has 3 aromatic rings. The van der Waals surface area contributed by atoms with Crippen LogP contribution in [0.5, 0.6) is 0 Å². The third-order valence-electron chi connectivity index (χ3n) is 3.45. The van der Waals surface area contributed by atoms with Crippen molar-refractivity contribution in [1.82, 2.24) is 9.88 Å². The van der Waals surface area contributed by atoms with Crippen LogP contribution in [0.2, 0.25) is 0 Å². The predicted octanol–water partition coefficient (Wildman–Crippen LogP) is 2.79. The molecule has 0 aliphatic heterocycles. The van der Waals surface area contributed by atoms with Gasteiger partial charge in [-0.15, -0.1) is 0 Å². The van der Waals surface area contributed by atoms with Crippen LogP contribution < -0.4 is 11.1 Å². The van der Waals surface area contributed by atoms with E-state index in [2.05, 4.69) is 17.4 Å². The number of para-hydroxylation sites is 2. The number of hydrogen-bond acceptors (Lipinski definition) is 3. The van der Waals surface area contributed by atoms with E-state index in [1.54, 1.807) is 24.3 Å². The zero-order valence-corrected chi connectivity index (χ0v) is 12.0. The molecule has 5 nitrogen and oxygen atoms in total. The Kier molecular flexibility index (Phi) is 4.05. The lowest BCUT2D eigenvalue weighted by Gasteiger charge is -2.05. The first-order valence-electron chi connectivity index (χ1n) is 7.18. The molecule has 5 heteroatoms. The van der Waals surface area contributed by atoms with E-state index in [0.29, 0.717) is 17.6 Å². The molecule has 0 saturated heterocycles. The Bertz CT molecular complexity index is 834. The van der Waals surface area contributed by atoms with Crippen LogP contribution in [0.1, 0.15) is 12.0 Å². The monoisotopic (exact) mass is 296 g/mol. The van der Waals surface area contributed by atoms with Gasteiger partial charge in [0.25, 0.3) is 0 Å². The molecule has 0 radical (unpaired) electrons. The highest BCUT2D eigenvalue weighted by atomic mass is 16.4. The zero-order chi connectivity index (χ0) is 15.4. The van der Waals surface area contributed by atoms with Gasteiger partial charge >= 0.3 is 11.8 Å². The molecule has 22 heavy (non-hydrogen) atoms. The van der Waals surface area contributed by atoms with Gasteiger partial charge in [0.1, 0.15) is 0 Å². The Hall–Kier alpha value is -2.82. The van der Waals surface area contributed by atoms with Gasteiger partial charge in [-0.1, -0.05) is 42.5 Å². The first-order valence-corrected chi connectivity index (χ1v) is 7.18. The van der Waals surface area contributed by atoms with E-state index < -0.39 is 11.8 Å². The molecule has 2 aromatic carbocycles. The highest BCUT2D eigenvalue weighted by Gasteiger charge is 2.14. The summed E-state index contributed by atoms with van der Waals surface area (Å²) in [5, 5.41) is 2.75. The minimum atomic E-state index is -0.665. The number of aryl methyl sites for hydroxylation is 1.